The average Bonchev–Trinajstić information content (AvgIpc) is 3.30. The Bertz CT molecular complexity index is 1570. The molecular weight excluding hydrogens is 476 g/mol. The van der Waals surface area contributed by atoms with Gasteiger partial charge in [-0.2, -0.15) is 5.26 Å². The van der Waals surface area contributed by atoms with Crippen molar-refractivity contribution in [3.05, 3.63) is 82.2 Å². The largest absolute Gasteiger partial charge is 0.497 e. The second-order valence-corrected chi connectivity index (χ2v) is 8.18. The number of nitrogens with zero attached hydrogens (tertiary/aromatic N) is 4. The molecular formula is C26H22N6O5. The molecule has 11 heteroatoms. The molecule has 0 saturated heterocycles. The van der Waals surface area contributed by atoms with Crippen LogP contribution in [0.4, 0.5) is 5.82 Å². The number of nitrogens with one attached hydrogen (secondary N) is 2. The van der Waals surface area contributed by atoms with E-state index in [4.69, 9.17) is 13.9 Å². The lowest BCUT2D eigenvalue weighted by Gasteiger charge is -2.16. The first-order chi connectivity index (χ1) is 18.0. The van der Waals surface area contributed by atoms with Crippen LogP contribution < -0.4 is 25.9 Å². The number of fused-ring (bicyclic) bond motifs is 1. The van der Waals surface area contributed by atoms with E-state index in [1.165, 1.54) is 0 Å². The van der Waals surface area contributed by atoms with E-state index in [1.54, 1.807) is 31.4 Å². The lowest BCUT2D eigenvalue weighted by molar-refractivity contribution is -0.118. The molecule has 0 spiro atoms. The number of nitriles is 1. The molecule has 0 fully saturated rings. The highest BCUT2D eigenvalue weighted by atomic mass is 16.5. The van der Waals surface area contributed by atoms with Crippen molar-refractivity contribution in [3.8, 4) is 34.5 Å². The minimum atomic E-state index is -0.676. The molecule has 37 heavy (non-hydrogen) atoms. The zero-order valence-electron chi connectivity index (χ0n) is 19.9. The summed E-state index contributed by atoms with van der Waals surface area (Å²) in [4.78, 5) is 28.1. The third-order valence-electron chi connectivity index (χ3n) is 5.70. The van der Waals surface area contributed by atoms with E-state index in [9.17, 15) is 14.9 Å². The van der Waals surface area contributed by atoms with E-state index in [1.807, 2.05) is 30.3 Å². The molecule has 1 amide bonds. The van der Waals surface area contributed by atoms with Gasteiger partial charge in [-0.25, -0.2) is 9.78 Å². The molecule has 0 bridgehead atoms. The molecule has 0 unspecified atom stereocenters. The van der Waals surface area contributed by atoms with Crippen LogP contribution in [0.15, 0.2) is 63.8 Å². The van der Waals surface area contributed by atoms with Crippen molar-refractivity contribution >= 4 is 11.7 Å². The van der Waals surface area contributed by atoms with Crippen LogP contribution in [-0.4, -0.2) is 40.9 Å². The van der Waals surface area contributed by atoms with Crippen molar-refractivity contribution in [2.45, 2.75) is 13.0 Å². The summed E-state index contributed by atoms with van der Waals surface area (Å²) in [7, 11) is 1.59. The van der Waals surface area contributed by atoms with Crippen LogP contribution in [0.25, 0.3) is 16.9 Å². The molecule has 4 aromatic rings. The number of benzene rings is 2. The molecule has 1 aliphatic heterocycles. The number of aromatic nitrogens is 3. The Labute approximate surface area is 211 Å². The molecule has 2 aromatic carbocycles. The maximum atomic E-state index is 12.3. The summed E-state index contributed by atoms with van der Waals surface area (Å²) >= 11 is 0. The highest BCUT2D eigenvalue weighted by Gasteiger charge is 2.19. The van der Waals surface area contributed by atoms with Gasteiger partial charge in [0.2, 0.25) is 5.89 Å². The number of hydrogen-bond donors (Lipinski definition) is 2. The highest BCUT2D eigenvalue weighted by molar-refractivity contribution is 5.94. The number of carbonyl (C=O) groups is 1. The second kappa shape index (κ2) is 10.3. The minimum Gasteiger partial charge on any atom is -0.497 e. The number of pyridine rings is 1. The summed E-state index contributed by atoms with van der Waals surface area (Å²) in [6, 6.07) is 18.7. The molecule has 186 valence electrons. The van der Waals surface area contributed by atoms with Gasteiger partial charge in [0.1, 0.15) is 5.75 Å². The van der Waals surface area contributed by atoms with Gasteiger partial charge in [-0.3, -0.25) is 4.79 Å². The third kappa shape index (κ3) is 5.19. The van der Waals surface area contributed by atoms with Gasteiger partial charge in [-0.05, 0) is 47.5 Å². The Morgan fingerprint density at radius 1 is 1.19 bits per heavy atom. The number of hydrogen-bond acceptors (Lipinski definition) is 9. The standard InChI is InChI=1S/C26H22N6O5/c1-35-19-6-5-18(13-27)20(12-19)17-4-2-3-16(11-17)14-28-10-9-24-31-32(26(34)37-24)22-8-7-21-25(29-22)30-23(33)15-36-21/h2-8,11-12,28H,9-10,14-15H2,1H3,(H,29,30,33). The smallest absolute Gasteiger partial charge is 0.443 e. The van der Waals surface area contributed by atoms with Crippen molar-refractivity contribution in [3.63, 3.8) is 0 Å². The Kier molecular flexibility index (Phi) is 6.65. The summed E-state index contributed by atoms with van der Waals surface area (Å²) in [5.74, 6) is 0.793. The highest BCUT2D eigenvalue weighted by Crippen LogP contribution is 2.28. The Morgan fingerprint density at radius 2 is 2.08 bits per heavy atom. The van der Waals surface area contributed by atoms with Crippen LogP contribution in [0.1, 0.15) is 17.0 Å². The van der Waals surface area contributed by atoms with E-state index in [0.717, 1.165) is 21.4 Å². The number of ether oxygens (including phenoxy) is 2. The third-order valence-corrected chi connectivity index (χ3v) is 5.70. The van der Waals surface area contributed by atoms with Gasteiger partial charge in [0, 0.05) is 25.1 Å². The van der Waals surface area contributed by atoms with E-state index >= 15 is 0 Å². The fraction of sp³-hybridized carbons (Fsp3) is 0.192. The molecule has 0 radical (unpaired) electrons. The second-order valence-electron chi connectivity index (χ2n) is 8.18. The van der Waals surface area contributed by atoms with Crippen LogP contribution in [0, 0.1) is 11.3 Å². The van der Waals surface area contributed by atoms with Gasteiger partial charge in [0.05, 0.1) is 18.7 Å². The Morgan fingerprint density at radius 3 is 2.92 bits per heavy atom. The van der Waals surface area contributed by atoms with E-state index in [-0.39, 0.29) is 30.0 Å². The zero-order valence-corrected chi connectivity index (χ0v) is 19.9. The molecule has 2 aromatic heterocycles. The van der Waals surface area contributed by atoms with Gasteiger partial charge in [0.25, 0.3) is 5.91 Å². The molecule has 2 N–H and O–H groups in total. The molecule has 0 aliphatic carbocycles. The van der Waals surface area contributed by atoms with E-state index in [2.05, 4.69) is 26.8 Å². The molecule has 11 nitrogen and oxygen atoms in total. The van der Waals surface area contributed by atoms with E-state index < -0.39 is 5.76 Å². The average molecular weight is 498 g/mol. The van der Waals surface area contributed by atoms with Crippen LogP contribution >= 0.6 is 0 Å². The summed E-state index contributed by atoms with van der Waals surface area (Å²) in [6.45, 7) is 0.992. The van der Waals surface area contributed by atoms with Crippen LogP contribution in [0.2, 0.25) is 0 Å². The SMILES string of the molecule is COc1ccc(C#N)c(-c2cccc(CNCCc3nn(-c4ccc5c(n4)NC(=O)CO5)c(=O)o3)c2)c1. The number of methoxy groups -OCH3 is 1. The van der Waals surface area contributed by atoms with Gasteiger partial charge in [-0.15, -0.1) is 9.78 Å². The van der Waals surface area contributed by atoms with Gasteiger partial charge in [0.15, 0.2) is 24.0 Å². The number of anilines is 1. The maximum Gasteiger partial charge on any atom is 0.443 e. The van der Waals surface area contributed by atoms with Crippen molar-refractivity contribution in [1.82, 2.24) is 20.1 Å². The van der Waals surface area contributed by atoms with Crippen molar-refractivity contribution in [1.29, 1.82) is 5.26 Å². The first kappa shape index (κ1) is 23.8. The molecule has 1 aliphatic rings. The summed E-state index contributed by atoms with van der Waals surface area (Å²) in [5, 5.41) is 19.6. The Balaban J connectivity index is 1.22. The quantitative estimate of drug-likeness (QED) is 0.350. The van der Waals surface area contributed by atoms with Gasteiger partial charge in [-0.1, -0.05) is 18.2 Å². The first-order valence-electron chi connectivity index (χ1n) is 11.5. The van der Waals surface area contributed by atoms with Crippen LogP contribution in [0.5, 0.6) is 11.5 Å². The molecule has 3 heterocycles. The number of amides is 1. The molecule has 0 saturated carbocycles. The van der Waals surface area contributed by atoms with E-state index in [0.29, 0.717) is 36.6 Å². The van der Waals surface area contributed by atoms with Gasteiger partial charge >= 0.3 is 5.76 Å². The van der Waals surface area contributed by atoms with Gasteiger partial charge < -0.3 is 24.5 Å². The monoisotopic (exact) mass is 498 g/mol. The lowest BCUT2D eigenvalue weighted by Crippen LogP contribution is -2.27. The Hall–Kier alpha value is -4.95. The zero-order chi connectivity index (χ0) is 25.8. The lowest BCUT2D eigenvalue weighted by atomic mass is 9.98. The summed E-state index contributed by atoms with van der Waals surface area (Å²) in [5.41, 5.74) is 3.31. The minimum absolute atomic E-state index is 0.0821. The summed E-state index contributed by atoms with van der Waals surface area (Å²) < 4.78 is 16.9. The van der Waals surface area contributed by atoms with Crippen molar-refractivity contribution < 1.29 is 18.7 Å². The first-order valence-corrected chi connectivity index (χ1v) is 11.5. The maximum absolute atomic E-state index is 12.3. The predicted molar refractivity (Wildman–Crippen MR) is 133 cm³/mol. The normalized spacial score (nSPS) is 12.3. The van der Waals surface area contributed by atoms with Crippen LogP contribution in [0.3, 0.4) is 0 Å². The fourth-order valence-electron chi connectivity index (χ4n) is 3.90. The van der Waals surface area contributed by atoms with Crippen LogP contribution in [-0.2, 0) is 17.8 Å². The predicted octanol–water partition coefficient (Wildman–Crippen LogP) is 2.43. The molecule has 0 atom stereocenters. The topological polar surface area (TPSA) is 144 Å². The fourth-order valence-corrected chi connectivity index (χ4v) is 3.90. The summed E-state index contributed by atoms with van der Waals surface area (Å²) in [6.07, 6.45) is 0.376. The number of carbonyl (C=O) groups excluding carboxylic acids is 1. The number of rotatable bonds is 8. The molecule has 5 rings (SSSR count). The van der Waals surface area contributed by atoms with Crippen molar-refractivity contribution in [2.24, 2.45) is 0 Å². The van der Waals surface area contributed by atoms with Crippen molar-refractivity contribution in [2.75, 3.05) is 25.6 Å².